The van der Waals surface area contributed by atoms with E-state index in [0.29, 0.717) is 5.56 Å². The molecule has 1 heterocycles. The van der Waals surface area contributed by atoms with Gasteiger partial charge in [0.25, 0.3) is 5.91 Å². The number of benzene rings is 2. The predicted molar refractivity (Wildman–Crippen MR) is 86.7 cm³/mol. The summed E-state index contributed by atoms with van der Waals surface area (Å²) in [4.78, 5) is 12.2. The zero-order chi connectivity index (χ0) is 19.7. The zero-order valence-corrected chi connectivity index (χ0v) is 13.9. The Morgan fingerprint density at radius 3 is 2.19 bits per heavy atom. The van der Waals surface area contributed by atoms with Gasteiger partial charge in [-0.2, -0.15) is 5.10 Å². The first-order valence-corrected chi connectivity index (χ1v) is 7.70. The maximum absolute atomic E-state index is 13.7. The summed E-state index contributed by atoms with van der Waals surface area (Å²) in [5, 5.41) is 6.38. The summed E-state index contributed by atoms with van der Waals surface area (Å²) in [6, 6.07) is 8.14. The SMILES string of the molecule is Cc1ccccc1C(=O)Nc1ccn(Cc2c(F)c(F)c(F)c(F)c2F)n1. The van der Waals surface area contributed by atoms with Crippen LogP contribution in [-0.2, 0) is 6.54 Å². The number of halogens is 5. The number of aryl methyl sites for hydroxylation is 1. The second-order valence-electron chi connectivity index (χ2n) is 5.72. The van der Waals surface area contributed by atoms with E-state index in [9.17, 15) is 26.7 Å². The second kappa shape index (κ2) is 7.18. The Kier molecular flexibility index (Phi) is 4.93. The van der Waals surface area contributed by atoms with Gasteiger partial charge in [-0.05, 0) is 18.6 Å². The van der Waals surface area contributed by atoms with Crippen LogP contribution in [0.15, 0.2) is 36.5 Å². The molecule has 0 aliphatic carbocycles. The molecular formula is C18H12F5N3O. The minimum Gasteiger partial charge on any atom is -0.305 e. The topological polar surface area (TPSA) is 46.9 Å². The molecule has 140 valence electrons. The molecule has 3 rings (SSSR count). The number of nitrogens with one attached hydrogen (secondary N) is 1. The molecule has 0 spiro atoms. The molecule has 0 bridgehead atoms. The quantitative estimate of drug-likeness (QED) is 0.419. The molecule has 0 fully saturated rings. The largest absolute Gasteiger partial charge is 0.305 e. The molecule has 3 aromatic rings. The van der Waals surface area contributed by atoms with E-state index in [1.165, 1.54) is 12.3 Å². The lowest BCUT2D eigenvalue weighted by Crippen LogP contribution is -2.15. The summed E-state index contributed by atoms with van der Waals surface area (Å²) in [6.45, 7) is 1.04. The predicted octanol–water partition coefficient (Wildman–Crippen LogP) is 4.19. The summed E-state index contributed by atoms with van der Waals surface area (Å²) >= 11 is 0. The molecule has 0 unspecified atom stereocenters. The van der Waals surface area contributed by atoms with E-state index >= 15 is 0 Å². The first-order valence-electron chi connectivity index (χ1n) is 7.70. The van der Waals surface area contributed by atoms with Gasteiger partial charge in [0.1, 0.15) is 0 Å². The molecule has 0 aliphatic rings. The number of hydrogen-bond acceptors (Lipinski definition) is 2. The van der Waals surface area contributed by atoms with Gasteiger partial charge >= 0.3 is 0 Å². The average molecular weight is 381 g/mol. The summed E-state index contributed by atoms with van der Waals surface area (Å²) in [7, 11) is 0. The first kappa shape index (κ1) is 18.6. The highest BCUT2D eigenvalue weighted by molar-refractivity contribution is 6.04. The Labute approximate surface area is 150 Å². The van der Waals surface area contributed by atoms with Crippen molar-refractivity contribution in [3.05, 3.63) is 82.3 Å². The van der Waals surface area contributed by atoms with Crippen molar-refractivity contribution in [1.82, 2.24) is 9.78 Å². The number of anilines is 1. The second-order valence-corrected chi connectivity index (χ2v) is 5.72. The Balaban J connectivity index is 1.82. The van der Waals surface area contributed by atoms with Gasteiger partial charge in [-0.1, -0.05) is 18.2 Å². The Morgan fingerprint density at radius 2 is 1.56 bits per heavy atom. The lowest BCUT2D eigenvalue weighted by Gasteiger charge is -2.08. The van der Waals surface area contributed by atoms with Gasteiger partial charge in [-0.25, -0.2) is 22.0 Å². The molecule has 0 radical (unpaired) electrons. The van der Waals surface area contributed by atoms with Crippen LogP contribution in [0, 0.1) is 36.0 Å². The molecule has 1 aromatic heterocycles. The molecule has 27 heavy (non-hydrogen) atoms. The highest BCUT2D eigenvalue weighted by Crippen LogP contribution is 2.24. The number of amides is 1. The fraction of sp³-hybridized carbons (Fsp3) is 0.111. The van der Waals surface area contributed by atoms with Crippen LogP contribution >= 0.6 is 0 Å². The third-order valence-corrected chi connectivity index (χ3v) is 3.89. The van der Waals surface area contributed by atoms with E-state index in [1.807, 2.05) is 0 Å². The van der Waals surface area contributed by atoms with E-state index in [1.54, 1.807) is 31.2 Å². The van der Waals surface area contributed by atoms with Gasteiger partial charge in [0, 0.05) is 17.8 Å². The average Bonchev–Trinajstić information content (AvgIpc) is 3.09. The Hall–Kier alpha value is -3.23. The van der Waals surface area contributed by atoms with Crippen LogP contribution in [0.3, 0.4) is 0 Å². The van der Waals surface area contributed by atoms with Crippen LogP contribution < -0.4 is 5.32 Å². The molecule has 1 N–H and O–H groups in total. The van der Waals surface area contributed by atoms with Gasteiger partial charge < -0.3 is 5.32 Å². The Bertz CT molecular complexity index is 1000. The van der Waals surface area contributed by atoms with Crippen LogP contribution in [-0.4, -0.2) is 15.7 Å². The molecule has 0 saturated heterocycles. The first-order chi connectivity index (χ1) is 12.8. The van der Waals surface area contributed by atoms with Crippen molar-refractivity contribution in [2.24, 2.45) is 0 Å². The fourth-order valence-electron chi connectivity index (χ4n) is 2.48. The standard InChI is InChI=1S/C18H12F5N3O/c1-9-4-2-3-5-10(9)18(27)24-12-6-7-26(25-12)8-11-13(19)15(21)17(23)16(22)14(11)20/h2-7H,8H2,1H3,(H,24,25,27). The van der Waals surface area contributed by atoms with Gasteiger partial charge in [0.15, 0.2) is 29.1 Å². The third-order valence-electron chi connectivity index (χ3n) is 3.89. The van der Waals surface area contributed by atoms with Crippen molar-refractivity contribution in [3.8, 4) is 0 Å². The van der Waals surface area contributed by atoms with Crippen molar-refractivity contribution < 1.29 is 26.7 Å². The zero-order valence-electron chi connectivity index (χ0n) is 13.9. The van der Waals surface area contributed by atoms with Crippen LogP contribution in [0.2, 0.25) is 0 Å². The highest BCUT2D eigenvalue weighted by Gasteiger charge is 2.26. The lowest BCUT2D eigenvalue weighted by atomic mass is 10.1. The van der Waals surface area contributed by atoms with Crippen molar-refractivity contribution in [1.29, 1.82) is 0 Å². The maximum atomic E-state index is 13.7. The maximum Gasteiger partial charge on any atom is 0.257 e. The van der Waals surface area contributed by atoms with E-state index in [4.69, 9.17) is 0 Å². The van der Waals surface area contributed by atoms with Gasteiger partial charge in [0.05, 0.1) is 12.1 Å². The van der Waals surface area contributed by atoms with Crippen molar-refractivity contribution in [2.75, 3.05) is 5.32 Å². The number of carbonyl (C=O) groups is 1. The number of aromatic nitrogens is 2. The lowest BCUT2D eigenvalue weighted by molar-refractivity contribution is 0.102. The van der Waals surface area contributed by atoms with E-state index in [0.717, 1.165) is 10.2 Å². The van der Waals surface area contributed by atoms with Crippen LogP contribution in [0.25, 0.3) is 0 Å². The number of rotatable bonds is 4. The van der Waals surface area contributed by atoms with Gasteiger partial charge in [-0.3, -0.25) is 9.48 Å². The number of carbonyl (C=O) groups excluding carboxylic acids is 1. The summed E-state index contributed by atoms with van der Waals surface area (Å²) in [5.41, 5.74) is 0.119. The van der Waals surface area contributed by atoms with Gasteiger partial charge in [0.2, 0.25) is 5.82 Å². The smallest absolute Gasteiger partial charge is 0.257 e. The van der Waals surface area contributed by atoms with Crippen molar-refractivity contribution >= 4 is 11.7 Å². The molecular weight excluding hydrogens is 369 g/mol. The van der Waals surface area contributed by atoms with Crippen molar-refractivity contribution in [2.45, 2.75) is 13.5 Å². The summed E-state index contributed by atoms with van der Waals surface area (Å²) in [5.74, 6) is -10.5. The Morgan fingerprint density at radius 1 is 0.963 bits per heavy atom. The molecule has 4 nitrogen and oxygen atoms in total. The minimum atomic E-state index is -2.22. The van der Waals surface area contributed by atoms with Crippen LogP contribution in [0.4, 0.5) is 27.8 Å². The van der Waals surface area contributed by atoms with Crippen molar-refractivity contribution in [3.63, 3.8) is 0 Å². The minimum absolute atomic E-state index is 0.0622. The molecule has 0 saturated carbocycles. The molecule has 1 amide bonds. The summed E-state index contributed by atoms with van der Waals surface area (Å²) in [6.07, 6.45) is 1.24. The molecule has 0 atom stereocenters. The van der Waals surface area contributed by atoms with E-state index in [-0.39, 0.29) is 5.82 Å². The van der Waals surface area contributed by atoms with E-state index in [2.05, 4.69) is 10.4 Å². The molecule has 2 aromatic carbocycles. The fourth-order valence-corrected chi connectivity index (χ4v) is 2.48. The summed E-state index contributed by atoms with van der Waals surface area (Å²) < 4.78 is 68.0. The normalized spacial score (nSPS) is 10.9. The van der Waals surface area contributed by atoms with Crippen LogP contribution in [0.1, 0.15) is 21.5 Å². The molecule has 9 heteroatoms. The highest BCUT2D eigenvalue weighted by atomic mass is 19.2. The monoisotopic (exact) mass is 381 g/mol. The van der Waals surface area contributed by atoms with E-state index < -0.39 is 47.1 Å². The number of hydrogen-bond donors (Lipinski definition) is 1. The third kappa shape index (κ3) is 3.53. The van der Waals surface area contributed by atoms with Crippen LogP contribution in [0.5, 0.6) is 0 Å². The van der Waals surface area contributed by atoms with Gasteiger partial charge in [-0.15, -0.1) is 0 Å². The number of nitrogens with zero attached hydrogens (tertiary/aromatic N) is 2. The molecule has 0 aliphatic heterocycles.